The van der Waals surface area contributed by atoms with Crippen molar-refractivity contribution in [2.75, 3.05) is 43.1 Å². The molecule has 150 valence electrons. The van der Waals surface area contributed by atoms with Gasteiger partial charge in [-0.1, -0.05) is 12.1 Å². The molecule has 29 heavy (non-hydrogen) atoms. The van der Waals surface area contributed by atoms with Crippen LogP contribution in [0.4, 0.5) is 11.6 Å². The number of hydrogen-bond donors (Lipinski definition) is 1. The molecule has 0 bridgehead atoms. The quantitative estimate of drug-likeness (QED) is 0.775. The Labute approximate surface area is 167 Å². The van der Waals surface area contributed by atoms with Crippen molar-refractivity contribution in [2.24, 2.45) is 0 Å². The molecule has 0 spiro atoms. The van der Waals surface area contributed by atoms with Crippen molar-refractivity contribution >= 4 is 29.4 Å². The maximum Gasteiger partial charge on any atom is 0.262 e. The van der Waals surface area contributed by atoms with Crippen LogP contribution in [0.15, 0.2) is 24.3 Å². The molecule has 4 rings (SSSR count). The molecule has 0 aliphatic carbocycles. The number of rotatable bonds is 4. The van der Waals surface area contributed by atoms with Crippen LogP contribution in [0, 0.1) is 13.8 Å². The van der Waals surface area contributed by atoms with E-state index >= 15 is 0 Å². The minimum atomic E-state index is -0.478. The van der Waals surface area contributed by atoms with Gasteiger partial charge in [0, 0.05) is 13.1 Å². The maximum absolute atomic E-state index is 12.6. The Morgan fingerprint density at radius 1 is 1.03 bits per heavy atom. The number of fused-ring (bicyclic) bond motifs is 1. The lowest BCUT2D eigenvalue weighted by molar-refractivity contribution is -0.116. The Bertz CT molecular complexity index is 942. The topological polar surface area (TPSA) is 105 Å². The summed E-state index contributed by atoms with van der Waals surface area (Å²) in [5.74, 6) is -0.809. The number of nitrogens with one attached hydrogen (secondary N) is 1. The first-order valence-electron chi connectivity index (χ1n) is 9.38. The summed E-state index contributed by atoms with van der Waals surface area (Å²) < 4.78 is 5.35. The molecule has 0 unspecified atom stereocenters. The average molecular weight is 395 g/mol. The van der Waals surface area contributed by atoms with E-state index in [4.69, 9.17) is 4.74 Å². The Morgan fingerprint density at radius 2 is 1.59 bits per heavy atom. The highest BCUT2D eigenvalue weighted by Gasteiger charge is 2.36. The zero-order valence-electron chi connectivity index (χ0n) is 16.3. The maximum atomic E-state index is 12.6. The number of aromatic nitrogens is 2. The smallest absolute Gasteiger partial charge is 0.262 e. The average Bonchev–Trinajstić information content (AvgIpc) is 2.96. The molecule has 3 amide bonds. The predicted molar refractivity (Wildman–Crippen MR) is 105 cm³/mol. The van der Waals surface area contributed by atoms with Crippen LogP contribution in [0.2, 0.25) is 0 Å². The van der Waals surface area contributed by atoms with E-state index in [9.17, 15) is 14.4 Å². The van der Waals surface area contributed by atoms with E-state index in [1.165, 1.54) is 0 Å². The summed E-state index contributed by atoms with van der Waals surface area (Å²) in [5, 5.41) is 2.75. The van der Waals surface area contributed by atoms with Crippen molar-refractivity contribution in [3.05, 3.63) is 46.8 Å². The van der Waals surface area contributed by atoms with E-state index in [0.717, 1.165) is 4.90 Å². The molecule has 1 aromatic heterocycles. The predicted octanol–water partition coefficient (Wildman–Crippen LogP) is 1.16. The van der Waals surface area contributed by atoms with Crippen LogP contribution in [-0.2, 0) is 9.53 Å². The molecule has 2 aliphatic rings. The van der Waals surface area contributed by atoms with Gasteiger partial charge in [-0.3, -0.25) is 19.3 Å². The fraction of sp³-hybridized carbons (Fsp3) is 0.350. The molecular weight excluding hydrogens is 374 g/mol. The third-order valence-corrected chi connectivity index (χ3v) is 5.00. The minimum absolute atomic E-state index is 0.316. The van der Waals surface area contributed by atoms with Crippen molar-refractivity contribution in [3.8, 4) is 0 Å². The van der Waals surface area contributed by atoms with E-state index in [2.05, 4.69) is 15.3 Å². The van der Waals surface area contributed by atoms with E-state index in [-0.39, 0.29) is 6.54 Å². The first-order chi connectivity index (χ1) is 14.0. The zero-order valence-corrected chi connectivity index (χ0v) is 16.3. The molecule has 0 atom stereocenters. The van der Waals surface area contributed by atoms with Gasteiger partial charge in [-0.25, -0.2) is 9.97 Å². The summed E-state index contributed by atoms with van der Waals surface area (Å²) in [7, 11) is 0. The van der Waals surface area contributed by atoms with Crippen LogP contribution in [0.25, 0.3) is 0 Å². The molecular formula is C20H21N5O4. The number of benzene rings is 1. The van der Waals surface area contributed by atoms with Crippen LogP contribution < -0.4 is 10.2 Å². The molecule has 1 saturated heterocycles. The van der Waals surface area contributed by atoms with E-state index in [0.29, 0.717) is 60.5 Å². The number of anilines is 2. The van der Waals surface area contributed by atoms with Gasteiger partial charge in [0.05, 0.1) is 41.4 Å². The highest BCUT2D eigenvalue weighted by molar-refractivity contribution is 6.22. The summed E-state index contributed by atoms with van der Waals surface area (Å²) in [6.07, 6.45) is 0. The van der Waals surface area contributed by atoms with Crippen LogP contribution >= 0.6 is 0 Å². The summed E-state index contributed by atoms with van der Waals surface area (Å²) >= 11 is 0. The number of ether oxygens (including phenoxy) is 1. The van der Waals surface area contributed by atoms with Crippen molar-refractivity contribution in [1.82, 2.24) is 14.9 Å². The molecule has 1 N–H and O–H groups in total. The van der Waals surface area contributed by atoms with Gasteiger partial charge in [-0.2, -0.15) is 0 Å². The van der Waals surface area contributed by atoms with Gasteiger partial charge in [0.25, 0.3) is 11.8 Å². The standard InChI is InChI=1S/C20H21N5O4/c1-12-17(13(2)22-20(21-12)24-7-9-29-10-8-24)23-16(26)11-25-18(27)14-5-3-4-6-15(14)19(25)28/h3-6H,7-11H2,1-2H3,(H,23,26). The van der Waals surface area contributed by atoms with E-state index < -0.39 is 17.7 Å². The number of imide groups is 1. The first kappa shape index (κ1) is 19.0. The number of amides is 3. The monoisotopic (exact) mass is 395 g/mol. The second-order valence-electron chi connectivity index (χ2n) is 6.96. The third-order valence-electron chi connectivity index (χ3n) is 5.00. The lowest BCUT2D eigenvalue weighted by atomic mass is 10.1. The Hall–Kier alpha value is -3.33. The highest BCUT2D eigenvalue weighted by Crippen LogP contribution is 2.24. The van der Waals surface area contributed by atoms with Gasteiger partial charge < -0.3 is 15.0 Å². The number of hydrogen-bond acceptors (Lipinski definition) is 7. The van der Waals surface area contributed by atoms with Gasteiger partial charge >= 0.3 is 0 Å². The van der Waals surface area contributed by atoms with Gasteiger partial charge in [-0.15, -0.1) is 0 Å². The first-order valence-corrected chi connectivity index (χ1v) is 9.38. The Morgan fingerprint density at radius 3 is 2.14 bits per heavy atom. The van der Waals surface area contributed by atoms with Gasteiger partial charge in [-0.05, 0) is 26.0 Å². The van der Waals surface area contributed by atoms with Crippen LogP contribution in [0.3, 0.4) is 0 Å². The molecule has 9 nitrogen and oxygen atoms in total. The van der Waals surface area contributed by atoms with Crippen molar-refractivity contribution < 1.29 is 19.1 Å². The minimum Gasteiger partial charge on any atom is -0.378 e. The van der Waals surface area contributed by atoms with Crippen LogP contribution in [-0.4, -0.2) is 65.4 Å². The van der Waals surface area contributed by atoms with Gasteiger partial charge in [0.1, 0.15) is 6.54 Å². The second-order valence-corrected chi connectivity index (χ2v) is 6.96. The number of morpholine rings is 1. The fourth-order valence-corrected chi connectivity index (χ4v) is 3.49. The SMILES string of the molecule is Cc1nc(N2CCOCC2)nc(C)c1NC(=O)CN1C(=O)c2ccccc2C1=O. The van der Waals surface area contributed by atoms with Crippen LogP contribution in [0.1, 0.15) is 32.1 Å². The number of carbonyl (C=O) groups excluding carboxylic acids is 3. The van der Waals surface area contributed by atoms with Gasteiger partial charge in [0.2, 0.25) is 11.9 Å². The molecule has 2 aliphatic heterocycles. The third kappa shape index (κ3) is 3.56. The summed E-state index contributed by atoms with van der Waals surface area (Å²) in [6.45, 7) is 5.89. The lowest BCUT2D eigenvalue weighted by Gasteiger charge is -2.27. The zero-order chi connectivity index (χ0) is 20.5. The Balaban J connectivity index is 1.48. The number of nitrogens with zero attached hydrogens (tertiary/aromatic N) is 4. The summed E-state index contributed by atoms with van der Waals surface area (Å²) in [6, 6.07) is 6.54. The lowest BCUT2D eigenvalue weighted by Crippen LogP contribution is -2.38. The molecule has 0 saturated carbocycles. The second kappa shape index (κ2) is 7.59. The van der Waals surface area contributed by atoms with Crippen LogP contribution in [0.5, 0.6) is 0 Å². The molecule has 1 fully saturated rings. The van der Waals surface area contributed by atoms with Gasteiger partial charge in [0.15, 0.2) is 0 Å². The fourth-order valence-electron chi connectivity index (χ4n) is 3.49. The van der Waals surface area contributed by atoms with Crippen molar-refractivity contribution in [1.29, 1.82) is 0 Å². The summed E-state index contributed by atoms with van der Waals surface area (Å²) in [4.78, 5) is 49.4. The summed E-state index contributed by atoms with van der Waals surface area (Å²) in [5.41, 5.74) is 2.36. The molecule has 0 radical (unpaired) electrons. The highest BCUT2D eigenvalue weighted by atomic mass is 16.5. The normalized spacial score (nSPS) is 16.2. The Kier molecular flexibility index (Phi) is 4.98. The largest absolute Gasteiger partial charge is 0.378 e. The number of aryl methyl sites for hydroxylation is 2. The van der Waals surface area contributed by atoms with E-state index in [1.807, 2.05) is 4.90 Å². The van der Waals surface area contributed by atoms with Crippen molar-refractivity contribution in [2.45, 2.75) is 13.8 Å². The molecule has 9 heteroatoms. The molecule has 1 aromatic carbocycles. The van der Waals surface area contributed by atoms with E-state index in [1.54, 1.807) is 38.1 Å². The number of carbonyl (C=O) groups is 3. The molecule has 2 aromatic rings. The molecule has 3 heterocycles. The van der Waals surface area contributed by atoms with Crippen molar-refractivity contribution in [3.63, 3.8) is 0 Å².